The van der Waals surface area contributed by atoms with E-state index in [-0.39, 0.29) is 5.56 Å². The molecule has 1 atom stereocenters. The molecule has 1 rings (SSSR count). The van der Waals surface area contributed by atoms with E-state index in [0.717, 1.165) is 5.56 Å². The summed E-state index contributed by atoms with van der Waals surface area (Å²) in [6.45, 7) is 1.75. The van der Waals surface area contributed by atoms with Crippen LogP contribution in [0.15, 0.2) is 24.3 Å². The Morgan fingerprint density at radius 1 is 1.46 bits per heavy atom. The summed E-state index contributed by atoms with van der Waals surface area (Å²) in [5.74, 6) is 0. The molecule has 1 aromatic rings. The third-order valence-electron chi connectivity index (χ3n) is 1.67. The fourth-order valence-electron chi connectivity index (χ4n) is 1.03. The number of hydrogen-bond donors (Lipinski definition) is 1. The van der Waals surface area contributed by atoms with Gasteiger partial charge in [-0.05, 0) is 24.1 Å². The molecule has 72 valence electrons. The molecular weight excluding hydrogens is 198 g/mol. The van der Waals surface area contributed by atoms with Crippen molar-refractivity contribution in [1.29, 1.82) is 0 Å². The van der Waals surface area contributed by atoms with Gasteiger partial charge in [0.25, 0.3) is 0 Å². The van der Waals surface area contributed by atoms with E-state index in [4.69, 9.17) is 5.11 Å². The molecule has 0 aliphatic rings. The van der Waals surface area contributed by atoms with E-state index in [1.165, 1.54) is 12.1 Å². The van der Waals surface area contributed by atoms with E-state index in [1.807, 2.05) is 0 Å². The molecular formula is C9H9ClF2O. The topological polar surface area (TPSA) is 20.2 Å². The number of alkyl halides is 3. The first-order valence-corrected chi connectivity index (χ1v) is 4.10. The summed E-state index contributed by atoms with van der Waals surface area (Å²) in [4.78, 5) is 0. The minimum absolute atomic E-state index is 0.125. The largest absolute Gasteiger partial charge is 0.381 e. The minimum Gasteiger partial charge on any atom is -0.381 e. The van der Waals surface area contributed by atoms with Gasteiger partial charge in [-0.25, -0.2) is 0 Å². The second-order valence-electron chi connectivity index (χ2n) is 2.86. The fraction of sp³-hybridized carbons (Fsp3) is 0.333. The van der Waals surface area contributed by atoms with E-state index < -0.39 is 11.5 Å². The molecule has 4 heteroatoms. The maximum Gasteiger partial charge on any atom is 0.351 e. The van der Waals surface area contributed by atoms with Crippen LogP contribution in [-0.4, -0.2) is 10.5 Å². The standard InChI is InChI=1S/C9H9ClF2O/c1-6-3-2-4-7(5-6)8(13)9(10,11)12/h2-5,8,13H,1H3. The molecule has 0 amide bonds. The lowest BCUT2D eigenvalue weighted by molar-refractivity contribution is -0.0424. The molecule has 0 bridgehead atoms. The third kappa shape index (κ3) is 2.64. The molecule has 0 saturated carbocycles. The number of aliphatic hydroxyl groups is 1. The molecule has 0 radical (unpaired) electrons. The number of aliphatic hydroxyl groups excluding tert-OH is 1. The van der Waals surface area contributed by atoms with Crippen LogP contribution >= 0.6 is 11.6 Å². The van der Waals surface area contributed by atoms with Crippen LogP contribution in [0, 0.1) is 6.92 Å². The van der Waals surface area contributed by atoms with E-state index in [1.54, 1.807) is 19.1 Å². The van der Waals surface area contributed by atoms with Crippen LogP contribution in [0.25, 0.3) is 0 Å². The van der Waals surface area contributed by atoms with E-state index in [0.29, 0.717) is 0 Å². The molecule has 1 N–H and O–H groups in total. The highest BCUT2D eigenvalue weighted by Gasteiger charge is 2.36. The summed E-state index contributed by atoms with van der Waals surface area (Å²) in [6, 6.07) is 6.23. The van der Waals surface area contributed by atoms with Gasteiger partial charge in [-0.1, -0.05) is 29.8 Å². The quantitative estimate of drug-likeness (QED) is 0.738. The number of aryl methyl sites for hydroxylation is 1. The van der Waals surface area contributed by atoms with E-state index in [9.17, 15) is 8.78 Å². The van der Waals surface area contributed by atoms with E-state index in [2.05, 4.69) is 11.6 Å². The van der Waals surface area contributed by atoms with Crippen LogP contribution in [0.3, 0.4) is 0 Å². The number of rotatable bonds is 2. The smallest absolute Gasteiger partial charge is 0.351 e. The van der Waals surface area contributed by atoms with Crippen LogP contribution in [0.2, 0.25) is 0 Å². The van der Waals surface area contributed by atoms with Crippen molar-refractivity contribution >= 4 is 11.6 Å². The highest BCUT2D eigenvalue weighted by molar-refractivity contribution is 6.22. The first-order chi connectivity index (χ1) is 5.91. The lowest BCUT2D eigenvalue weighted by Gasteiger charge is -2.16. The van der Waals surface area contributed by atoms with Crippen molar-refractivity contribution in [3.8, 4) is 0 Å². The fourth-order valence-corrected chi connectivity index (χ4v) is 1.16. The summed E-state index contributed by atoms with van der Waals surface area (Å²) in [6.07, 6.45) is -1.95. The Balaban J connectivity index is 2.96. The minimum atomic E-state index is -3.62. The zero-order valence-electron chi connectivity index (χ0n) is 6.97. The van der Waals surface area contributed by atoms with Crippen LogP contribution in [-0.2, 0) is 0 Å². The van der Waals surface area contributed by atoms with Gasteiger partial charge in [0.1, 0.15) is 0 Å². The summed E-state index contributed by atoms with van der Waals surface area (Å²) in [7, 11) is 0. The molecule has 13 heavy (non-hydrogen) atoms. The van der Waals surface area contributed by atoms with Crippen molar-refractivity contribution < 1.29 is 13.9 Å². The van der Waals surface area contributed by atoms with Crippen molar-refractivity contribution in [1.82, 2.24) is 0 Å². The van der Waals surface area contributed by atoms with Gasteiger partial charge in [0.15, 0.2) is 6.10 Å². The third-order valence-corrected chi connectivity index (χ3v) is 1.87. The van der Waals surface area contributed by atoms with Gasteiger partial charge in [0, 0.05) is 0 Å². The SMILES string of the molecule is Cc1cccc(C(O)C(F)(F)Cl)c1. The van der Waals surface area contributed by atoms with Crippen LogP contribution in [0.4, 0.5) is 8.78 Å². The van der Waals surface area contributed by atoms with Crippen molar-refractivity contribution in [2.24, 2.45) is 0 Å². The molecule has 0 aliphatic carbocycles. The average molecular weight is 207 g/mol. The van der Waals surface area contributed by atoms with Crippen molar-refractivity contribution in [2.45, 2.75) is 18.4 Å². The molecule has 0 spiro atoms. The Hall–Kier alpha value is -0.670. The summed E-state index contributed by atoms with van der Waals surface area (Å²) in [5.41, 5.74) is 0.928. The predicted octanol–water partition coefficient (Wildman–Crippen LogP) is 2.86. The molecule has 0 fully saturated rings. The van der Waals surface area contributed by atoms with Gasteiger partial charge < -0.3 is 5.11 Å². The van der Waals surface area contributed by atoms with E-state index >= 15 is 0 Å². The first kappa shape index (κ1) is 10.4. The van der Waals surface area contributed by atoms with Crippen molar-refractivity contribution in [3.05, 3.63) is 35.4 Å². The molecule has 0 aromatic heterocycles. The zero-order valence-corrected chi connectivity index (χ0v) is 7.72. The van der Waals surface area contributed by atoms with Gasteiger partial charge in [-0.15, -0.1) is 0 Å². The van der Waals surface area contributed by atoms with Crippen LogP contribution in [0.1, 0.15) is 17.2 Å². The van der Waals surface area contributed by atoms with Crippen molar-refractivity contribution in [3.63, 3.8) is 0 Å². The molecule has 0 aliphatic heterocycles. The molecule has 0 saturated heterocycles. The Labute approximate surface area is 80.0 Å². The van der Waals surface area contributed by atoms with Gasteiger partial charge in [-0.2, -0.15) is 8.78 Å². The molecule has 1 nitrogen and oxygen atoms in total. The Morgan fingerprint density at radius 2 is 2.08 bits per heavy atom. The summed E-state index contributed by atoms with van der Waals surface area (Å²) < 4.78 is 24.9. The van der Waals surface area contributed by atoms with Gasteiger partial charge in [0.2, 0.25) is 0 Å². The molecule has 0 heterocycles. The Bertz CT molecular complexity index is 296. The number of halogens is 3. The summed E-state index contributed by atoms with van der Waals surface area (Å²) >= 11 is 4.69. The lowest BCUT2D eigenvalue weighted by Crippen LogP contribution is -2.18. The highest BCUT2D eigenvalue weighted by atomic mass is 35.5. The Kier molecular flexibility index (Phi) is 2.88. The average Bonchev–Trinajstić information content (AvgIpc) is 2.01. The molecule has 1 aromatic carbocycles. The van der Waals surface area contributed by atoms with Gasteiger partial charge >= 0.3 is 5.38 Å². The summed E-state index contributed by atoms with van der Waals surface area (Å²) in [5, 5.41) is 5.48. The zero-order chi connectivity index (χ0) is 10.1. The monoisotopic (exact) mass is 206 g/mol. The Morgan fingerprint density at radius 3 is 2.54 bits per heavy atom. The highest BCUT2D eigenvalue weighted by Crippen LogP contribution is 2.34. The van der Waals surface area contributed by atoms with Crippen LogP contribution in [0.5, 0.6) is 0 Å². The normalized spacial score (nSPS) is 14.2. The van der Waals surface area contributed by atoms with Gasteiger partial charge in [-0.3, -0.25) is 0 Å². The van der Waals surface area contributed by atoms with Crippen LogP contribution < -0.4 is 0 Å². The second-order valence-corrected chi connectivity index (χ2v) is 3.36. The maximum atomic E-state index is 12.4. The maximum absolute atomic E-state index is 12.4. The number of hydrogen-bond acceptors (Lipinski definition) is 1. The second kappa shape index (κ2) is 3.60. The lowest BCUT2D eigenvalue weighted by atomic mass is 10.1. The predicted molar refractivity (Wildman–Crippen MR) is 46.9 cm³/mol. The number of benzene rings is 1. The van der Waals surface area contributed by atoms with Gasteiger partial charge in [0.05, 0.1) is 0 Å². The first-order valence-electron chi connectivity index (χ1n) is 3.72. The van der Waals surface area contributed by atoms with Crippen molar-refractivity contribution in [2.75, 3.05) is 0 Å². The molecule has 1 unspecified atom stereocenters.